The Balaban J connectivity index is 1.47. The van der Waals surface area contributed by atoms with Gasteiger partial charge < -0.3 is 14.6 Å². The minimum atomic E-state index is -0.239. The van der Waals surface area contributed by atoms with E-state index in [-0.39, 0.29) is 17.8 Å². The molecule has 0 spiro atoms. The molecule has 3 saturated heterocycles. The summed E-state index contributed by atoms with van der Waals surface area (Å²) in [5.74, 6) is 0.444. The molecule has 4 heterocycles. The number of carbonyl (C=O) groups is 1. The third-order valence-corrected chi connectivity index (χ3v) is 5.03. The average molecular weight is 332 g/mol. The molecule has 6 heteroatoms. The zero-order valence-corrected chi connectivity index (χ0v) is 13.4. The molecule has 0 unspecified atom stereocenters. The number of nitrogens with zero attached hydrogens (tertiary/aromatic N) is 2. The Kier molecular flexibility index (Phi) is 3.83. The molecule has 3 aliphatic rings. The van der Waals surface area contributed by atoms with Gasteiger partial charge in [0.2, 0.25) is 0 Å². The Morgan fingerprint density at radius 3 is 2.87 bits per heavy atom. The van der Waals surface area contributed by atoms with Crippen LogP contribution in [0, 0.1) is 5.92 Å². The molecular weight excluding hydrogens is 314 g/mol. The van der Waals surface area contributed by atoms with Crippen LogP contribution in [0.1, 0.15) is 23.5 Å². The lowest BCUT2D eigenvalue weighted by atomic mass is 9.84. The number of halogens is 1. The van der Waals surface area contributed by atoms with E-state index in [0.717, 1.165) is 38.0 Å². The van der Waals surface area contributed by atoms with Crippen LogP contribution in [0.5, 0.6) is 0 Å². The van der Waals surface area contributed by atoms with Gasteiger partial charge >= 0.3 is 5.91 Å². The number of nitrogens with one attached hydrogen (secondary N) is 1. The second-order valence-electron chi connectivity index (χ2n) is 6.27. The monoisotopic (exact) mass is 331 g/mol. The maximum absolute atomic E-state index is 12.4. The van der Waals surface area contributed by atoms with Crippen molar-refractivity contribution in [1.82, 2.24) is 15.2 Å². The van der Waals surface area contributed by atoms with E-state index in [4.69, 9.17) is 16.0 Å². The lowest BCUT2D eigenvalue weighted by Gasteiger charge is -2.44. The normalized spacial score (nSPS) is 26.2. The highest BCUT2D eigenvalue weighted by molar-refractivity contribution is 6.30. The molecule has 120 valence electrons. The Hall–Kier alpha value is -1.85. The summed E-state index contributed by atoms with van der Waals surface area (Å²) >= 11 is 5.99. The summed E-state index contributed by atoms with van der Waals surface area (Å²) in [6.45, 7) is 3.22. The van der Waals surface area contributed by atoms with Crippen LogP contribution in [-0.2, 0) is 0 Å². The minimum absolute atomic E-state index is 0.108. The number of carbonyl (C=O) groups excluding carboxylic acids is 1. The SMILES string of the molecule is O=C(N[C@H]1CN2CCC1CC2)c1nc(-c2cccc(Cl)c2)co1. The fraction of sp³-hybridized carbons (Fsp3) is 0.412. The van der Waals surface area contributed by atoms with Gasteiger partial charge in [-0.1, -0.05) is 23.7 Å². The van der Waals surface area contributed by atoms with Crippen LogP contribution in [0.25, 0.3) is 11.3 Å². The Morgan fingerprint density at radius 1 is 1.35 bits per heavy atom. The van der Waals surface area contributed by atoms with Crippen molar-refractivity contribution < 1.29 is 9.21 Å². The zero-order valence-electron chi connectivity index (χ0n) is 12.7. The van der Waals surface area contributed by atoms with E-state index in [1.54, 1.807) is 12.1 Å². The van der Waals surface area contributed by atoms with E-state index in [2.05, 4.69) is 15.2 Å². The molecule has 5 nitrogen and oxygen atoms in total. The topological polar surface area (TPSA) is 58.4 Å². The van der Waals surface area contributed by atoms with Crippen molar-refractivity contribution >= 4 is 17.5 Å². The first-order valence-electron chi connectivity index (χ1n) is 7.94. The van der Waals surface area contributed by atoms with Crippen molar-refractivity contribution in [2.24, 2.45) is 5.92 Å². The van der Waals surface area contributed by atoms with Crippen molar-refractivity contribution in [1.29, 1.82) is 0 Å². The number of hydrogen-bond acceptors (Lipinski definition) is 4. The fourth-order valence-corrected chi connectivity index (χ4v) is 3.71. The second-order valence-corrected chi connectivity index (χ2v) is 6.70. The van der Waals surface area contributed by atoms with Gasteiger partial charge in [-0.2, -0.15) is 0 Å². The Morgan fingerprint density at radius 2 is 2.17 bits per heavy atom. The predicted octanol–water partition coefficient (Wildman–Crippen LogP) is 2.82. The first-order chi connectivity index (χ1) is 11.2. The summed E-state index contributed by atoms with van der Waals surface area (Å²) in [6.07, 6.45) is 3.81. The summed E-state index contributed by atoms with van der Waals surface area (Å²) in [7, 11) is 0. The highest BCUT2D eigenvalue weighted by atomic mass is 35.5. The van der Waals surface area contributed by atoms with Crippen molar-refractivity contribution in [3.63, 3.8) is 0 Å². The second kappa shape index (κ2) is 5.98. The fourth-order valence-electron chi connectivity index (χ4n) is 3.52. The lowest BCUT2D eigenvalue weighted by Crippen LogP contribution is -2.57. The number of oxazole rings is 1. The van der Waals surface area contributed by atoms with Gasteiger partial charge in [0.25, 0.3) is 5.89 Å². The van der Waals surface area contributed by atoms with Gasteiger partial charge in [0, 0.05) is 23.2 Å². The van der Waals surface area contributed by atoms with E-state index in [9.17, 15) is 4.79 Å². The van der Waals surface area contributed by atoms with Crippen molar-refractivity contribution in [3.05, 3.63) is 41.4 Å². The molecule has 3 aliphatic heterocycles. The van der Waals surface area contributed by atoms with Crippen LogP contribution in [0.15, 0.2) is 34.9 Å². The van der Waals surface area contributed by atoms with Crippen LogP contribution in [0.2, 0.25) is 5.02 Å². The van der Waals surface area contributed by atoms with Crippen LogP contribution >= 0.6 is 11.6 Å². The number of hydrogen-bond donors (Lipinski definition) is 1. The number of piperidine rings is 3. The van der Waals surface area contributed by atoms with Gasteiger partial charge in [-0.25, -0.2) is 4.98 Å². The Labute approximate surface area is 139 Å². The van der Waals surface area contributed by atoms with Gasteiger partial charge in [-0.05, 0) is 44.0 Å². The number of rotatable bonds is 3. The first-order valence-corrected chi connectivity index (χ1v) is 8.31. The van der Waals surface area contributed by atoms with E-state index < -0.39 is 0 Å². The molecule has 0 aliphatic carbocycles. The number of aromatic nitrogens is 1. The molecule has 0 radical (unpaired) electrons. The molecule has 1 amide bonds. The molecule has 1 aromatic heterocycles. The third-order valence-electron chi connectivity index (χ3n) is 4.79. The smallest absolute Gasteiger partial charge is 0.307 e. The van der Waals surface area contributed by atoms with E-state index in [0.29, 0.717) is 16.6 Å². The molecular formula is C17H18ClN3O2. The molecule has 2 aromatic rings. The molecule has 1 aromatic carbocycles. The third kappa shape index (κ3) is 2.99. The first kappa shape index (κ1) is 14.7. The minimum Gasteiger partial charge on any atom is -0.440 e. The summed E-state index contributed by atoms with van der Waals surface area (Å²) in [6, 6.07) is 7.53. The maximum atomic E-state index is 12.4. The molecule has 3 fully saturated rings. The summed E-state index contributed by atoms with van der Waals surface area (Å²) in [5, 5.41) is 3.71. The van der Waals surface area contributed by atoms with Gasteiger partial charge in [0.1, 0.15) is 12.0 Å². The van der Waals surface area contributed by atoms with Gasteiger partial charge in [-0.3, -0.25) is 4.79 Å². The summed E-state index contributed by atoms with van der Waals surface area (Å²) in [4.78, 5) is 19.1. The number of fused-ring (bicyclic) bond motifs is 3. The highest BCUT2D eigenvalue weighted by Crippen LogP contribution is 2.28. The van der Waals surface area contributed by atoms with E-state index in [1.165, 1.54) is 6.26 Å². The quantitative estimate of drug-likeness (QED) is 0.939. The van der Waals surface area contributed by atoms with Gasteiger partial charge in [-0.15, -0.1) is 0 Å². The predicted molar refractivity (Wildman–Crippen MR) is 87.4 cm³/mol. The maximum Gasteiger partial charge on any atom is 0.307 e. The van der Waals surface area contributed by atoms with E-state index in [1.807, 2.05) is 12.1 Å². The number of amides is 1. The van der Waals surface area contributed by atoms with Crippen LogP contribution in [-0.4, -0.2) is 41.5 Å². The van der Waals surface area contributed by atoms with Gasteiger partial charge in [0.15, 0.2) is 0 Å². The van der Waals surface area contributed by atoms with Crippen molar-refractivity contribution in [2.75, 3.05) is 19.6 Å². The summed E-state index contributed by atoms with van der Waals surface area (Å²) < 4.78 is 5.36. The molecule has 1 atom stereocenters. The molecule has 2 bridgehead atoms. The van der Waals surface area contributed by atoms with E-state index >= 15 is 0 Å². The lowest BCUT2D eigenvalue weighted by molar-refractivity contribution is 0.0602. The number of benzene rings is 1. The Bertz CT molecular complexity index is 722. The molecule has 1 N–H and O–H groups in total. The average Bonchev–Trinajstić information content (AvgIpc) is 3.06. The largest absolute Gasteiger partial charge is 0.440 e. The van der Waals surface area contributed by atoms with Crippen LogP contribution in [0.3, 0.4) is 0 Å². The van der Waals surface area contributed by atoms with Crippen LogP contribution < -0.4 is 5.32 Å². The highest BCUT2D eigenvalue weighted by Gasteiger charge is 2.35. The standard InChI is InChI=1S/C17H18ClN3O2/c18-13-3-1-2-12(8-13)15-10-23-17(20-15)16(22)19-14-9-21-6-4-11(14)5-7-21/h1-3,8,10-11,14H,4-7,9H2,(H,19,22)/t14-/m0/s1. The zero-order chi connectivity index (χ0) is 15.8. The van der Waals surface area contributed by atoms with Crippen molar-refractivity contribution in [3.8, 4) is 11.3 Å². The molecule has 0 saturated carbocycles. The summed E-state index contributed by atoms with van der Waals surface area (Å²) in [5.41, 5.74) is 1.45. The molecule has 23 heavy (non-hydrogen) atoms. The molecule has 5 rings (SSSR count). The van der Waals surface area contributed by atoms with Gasteiger partial charge in [0.05, 0.1) is 0 Å². The van der Waals surface area contributed by atoms with Crippen LogP contribution in [0.4, 0.5) is 0 Å². The van der Waals surface area contributed by atoms with Crippen molar-refractivity contribution in [2.45, 2.75) is 18.9 Å².